The van der Waals surface area contributed by atoms with Crippen molar-refractivity contribution in [2.45, 2.75) is 45.6 Å². The SMILES string of the molecule is Cc1ccccc1CON=CC1CCCCC1. The number of hydrogen-bond acceptors (Lipinski definition) is 2. The van der Waals surface area contributed by atoms with Gasteiger partial charge in [0.1, 0.15) is 6.61 Å². The van der Waals surface area contributed by atoms with E-state index in [0.29, 0.717) is 12.5 Å². The van der Waals surface area contributed by atoms with E-state index in [1.807, 2.05) is 18.3 Å². The number of aryl methyl sites for hydroxylation is 1. The highest BCUT2D eigenvalue weighted by atomic mass is 16.6. The molecule has 92 valence electrons. The second-order valence-electron chi connectivity index (χ2n) is 4.85. The Morgan fingerprint density at radius 2 is 2.00 bits per heavy atom. The average Bonchev–Trinajstić information content (AvgIpc) is 2.38. The fourth-order valence-corrected chi connectivity index (χ4v) is 2.29. The average molecular weight is 231 g/mol. The maximum absolute atomic E-state index is 5.37. The molecule has 0 heterocycles. The van der Waals surface area contributed by atoms with Crippen molar-refractivity contribution in [2.75, 3.05) is 0 Å². The third-order valence-corrected chi connectivity index (χ3v) is 3.48. The molecule has 0 spiro atoms. The Morgan fingerprint density at radius 3 is 2.76 bits per heavy atom. The van der Waals surface area contributed by atoms with E-state index >= 15 is 0 Å². The molecule has 0 bridgehead atoms. The van der Waals surface area contributed by atoms with E-state index in [9.17, 15) is 0 Å². The van der Waals surface area contributed by atoms with Gasteiger partial charge in [-0.05, 0) is 36.8 Å². The molecule has 2 rings (SSSR count). The van der Waals surface area contributed by atoms with Crippen molar-refractivity contribution in [1.29, 1.82) is 0 Å². The van der Waals surface area contributed by atoms with Crippen LogP contribution in [-0.2, 0) is 11.4 Å². The van der Waals surface area contributed by atoms with Gasteiger partial charge in [-0.2, -0.15) is 0 Å². The van der Waals surface area contributed by atoms with E-state index in [2.05, 4.69) is 24.2 Å². The molecule has 0 aromatic heterocycles. The zero-order valence-electron chi connectivity index (χ0n) is 10.6. The van der Waals surface area contributed by atoms with Gasteiger partial charge < -0.3 is 4.84 Å². The summed E-state index contributed by atoms with van der Waals surface area (Å²) in [6, 6.07) is 8.27. The molecule has 1 aromatic carbocycles. The summed E-state index contributed by atoms with van der Waals surface area (Å²) in [5, 5.41) is 4.11. The van der Waals surface area contributed by atoms with E-state index in [-0.39, 0.29) is 0 Å². The predicted octanol–water partition coefficient (Wildman–Crippen LogP) is 4.08. The van der Waals surface area contributed by atoms with Crippen LogP contribution in [0, 0.1) is 12.8 Å². The molecule has 0 N–H and O–H groups in total. The summed E-state index contributed by atoms with van der Waals surface area (Å²) in [5.41, 5.74) is 2.48. The van der Waals surface area contributed by atoms with Crippen LogP contribution >= 0.6 is 0 Å². The van der Waals surface area contributed by atoms with Crippen LogP contribution in [0.15, 0.2) is 29.4 Å². The minimum atomic E-state index is 0.579. The Kier molecular flexibility index (Phi) is 4.60. The first-order chi connectivity index (χ1) is 8.36. The number of benzene rings is 1. The van der Waals surface area contributed by atoms with Gasteiger partial charge in [0.15, 0.2) is 0 Å². The summed E-state index contributed by atoms with van der Waals surface area (Å²) in [4.78, 5) is 5.37. The standard InChI is InChI=1S/C15H21NO/c1-13-7-5-6-10-15(13)12-17-16-11-14-8-3-2-4-9-14/h5-7,10-11,14H,2-4,8-9,12H2,1H3. The fourth-order valence-electron chi connectivity index (χ4n) is 2.29. The van der Waals surface area contributed by atoms with Crippen molar-refractivity contribution >= 4 is 6.21 Å². The third kappa shape index (κ3) is 3.88. The molecule has 2 nitrogen and oxygen atoms in total. The van der Waals surface area contributed by atoms with Crippen molar-refractivity contribution in [1.82, 2.24) is 0 Å². The summed E-state index contributed by atoms with van der Waals surface area (Å²) in [5.74, 6) is 0.639. The summed E-state index contributed by atoms with van der Waals surface area (Å²) in [6.07, 6.45) is 8.61. The van der Waals surface area contributed by atoms with Crippen molar-refractivity contribution in [3.63, 3.8) is 0 Å². The van der Waals surface area contributed by atoms with E-state index < -0.39 is 0 Å². The van der Waals surface area contributed by atoms with Crippen molar-refractivity contribution in [2.24, 2.45) is 11.1 Å². The van der Waals surface area contributed by atoms with E-state index in [4.69, 9.17) is 4.84 Å². The van der Waals surface area contributed by atoms with Crippen LogP contribution in [0.5, 0.6) is 0 Å². The quantitative estimate of drug-likeness (QED) is 0.565. The summed E-state index contributed by atoms with van der Waals surface area (Å²) in [7, 11) is 0. The van der Waals surface area contributed by atoms with E-state index in [1.54, 1.807) is 0 Å². The Balaban J connectivity index is 1.75. The molecule has 0 saturated heterocycles. The molecule has 1 aliphatic rings. The minimum Gasteiger partial charge on any atom is -0.391 e. The molecule has 1 aromatic rings. The van der Waals surface area contributed by atoms with Gasteiger partial charge in [-0.15, -0.1) is 0 Å². The highest BCUT2D eigenvalue weighted by molar-refractivity contribution is 5.59. The topological polar surface area (TPSA) is 21.6 Å². The van der Waals surface area contributed by atoms with Crippen molar-refractivity contribution < 1.29 is 4.84 Å². The molecule has 1 fully saturated rings. The maximum Gasteiger partial charge on any atom is 0.142 e. The van der Waals surface area contributed by atoms with Gasteiger partial charge in [0.05, 0.1) is 0 Å². The van der Waals surface area contributed by atoms with Crippen LogP contribution in [0.25, 0.3) is 0 Å². The molecular formula is C15H21NO. The minimum absolute atomic E-state index is 0.579. The highest BCUT2D eigenvalue weighted by Gasteiger charge is 2.10. The van der Waals surface area contributed by atoms with Crippen LogP contribution in [0.2, 0.25) is 0 Å². The first kappa shape index (κ1) is 12.2. The molecule has 2 heteroatoms. The lowest BCUT2D eigenvalue weighted by Gasteiger charge is -2.16. The Morgan fingerprint density at radius 1 is 1.24 bits per heavy atom. The Labute approximate surface area is 104 Å². The first-order valence-electron chi connectivity index (χ1n) is 6.56. The van der Waals surface area contributed by atoms with E-state index in [1.165, 1.54) is 43.2 Å². The molecular weight excluding hydrogens is 210 g/mol. The van der Waals surface area contributed by atoms with Crippen LogP contribution < -0.4 is 0 Å². The maximum atomic E-state index is 5.37. The second-order valence-corrected chi connectivity index (χ2v) is 4.85. The molecule has 0 radical (unpaired) electrons. The number of hydrogen-bond donors (Lipinski definition) is 0. The monoisotopic (exact) mass is 231 g/mol. The van der Waals surface area contributed by atoms with Crippen LogP contribution in [0.1, 0.15) is 43.2 Å². The summed E-state index contributed by atoms with van der Waals surface area (Å²) >= 11 is 0. The molecule has 0 unspecified atom stereocenters. The van der Waals surface area contributed by atoms with Crippen LogP contribution in [-0.4, -0.2) is 6.21 Å². The normalized spacial score (nSPS) is 17.5. The van der Waals surface area contributed by atoms with E-state index in [0.717, 1.165) is 0 Å². The van der Waals surface area contributed by atoms with Crippen LogP contribution in [0.4, 0.5) is 0 Å². The second kappa shape index (κ2) is 6.43. The van der Waals surface area contributed by atoms with Gasteiger partial charge in [-0.25, -0.2) is 0 Å². The van der Waals surface area contributed by atoms with Crippen molar-refractivity contribution in [3.8, 4) is 0 Å². The summed E-state index contributed by atoms with van der Waals surface area (Å²) in [6.45, 7) is 2.68. The molecule has 17 heavy (non-hydrogen) atoms. The summed E-state index contributed by atoms with van der Waals surface area (Å²) < 4.78 is 0. The smallest absolute Gasteiger partial charge is 0.142 e. The number of oxime groups is 1. The molecule has 1 saturated carbocycles. The number of nitrogens with zero attached hydrogens (tertiary/aromatic N) is 1. The zero-order valence-corrected chi connectivity index (χ0v) is 10.6. The largest absolute Gasteiger partial charge is 0.391 e. The molecule has 1 aliphatic carbocycles. The van der Waals surface area contributed by atoms with Gasteiger partial charge in [0.25, 0.3) is 0 Å². The lowest BCUT2D eigenvalue weighted by atomic mass is 9.90. The van der Waals surface area contributed by atoms with Gasteiger partial charge in [0.2, 0.25) is 0 Å². The number of rotatable bonds is 4. The zero-order chi connectivity index (χ0) is 11.9. The Bertz CT molecular complexity index is 367. The third-order valence-electron chi connectivity index (χ3n) is 3.48. The van der Waals surface area contributed by atoms with Gasteiger partial charge in [-0.3, -0.25) is 0 Å². The molecule has 0 aliphatic heterocycles. The highest BCUT2D eigenvalue weighted by Crippen LogP contribution is 2.21. The lowest BCUT2D eigenvalue weighted by molar-refractivity contribution is 0.129. The molecule has 0 amide bonds. The van der Waals surface area contributed by atoms with Gasteiger partial charge in [-0.1, -0.05) is 48.7 Å². The van der Waals surface area contributed by atoms with Gasteiger partial charge >= 0.3 is 0 Å². The molecule has 0 atom stereocenters. The lowest BCUT2D eigenvalue weighted by Crippen LogP contribution is -2.07. The van der Waals surface area contributed by atoms with Crippen molar-refractivity contribution in [3.05, 3.63) is 35.4 Å². The van der Waals surface area contributed by atoms with Crippen LogP contribution in [0.3, 0.4) is 0 Å². The van der Waals surface area contributed by atoms with Gasteiger partial charge in [0, 0.05) is 6.21 Å². The predicted molar refractivity (Wildman–Crippen MR) is 71.0 cm³/mol. The first-order valence-corrected chi connectivity index (χ1v) is 6.56. The fraction of sp³-hybridized carbons (Fsp3) is 0.533. The Hall–Kier alpha value is -1.31.